The SMILES string of the molecule is Cc1ccncc1-c1cc2cc(NC(=O)[C@H]3C[C@]34CCNC(=O)C4)ncc2c(N)n1. The molecule has 8 nitrogen and oxygen atoms in total. The number of amides is 2. The van der Waals surface area contributed by atoms with Crippen molar-refractivity contribution in [2.24, 2.45) is 11.3 Å². The second-order valence-electron chi connectivity index (χ2n) is 8.26. The minimum Gasteiger partial charge on any atom is -0.383 e. The topological polar surface area (TPSA) is 123 Å². The number of nitrogens with zero attached hydrogens (tertiary/aromatic N) is 3. The summed E-state index contributed by atoms with van der Waals surface area (Å²) >= 11 is 0. The van der Waals surface area contributed by atoms with Gasteiger partial charge in [-0.2, -0.15) is 0 Å². The fraction of sp³-hybridized carbons (Fsp3) is 0.318. The van der Waals surface area contributed by atoms with Crippen LogP contribution in [-0.2, 0) is 9.59 Å². The van der Waals surface area contributed by atoms with Crippen LogP contribution in [0.2, 0.25) is 0 Å². The van der Waals surface area contributed by atoms with E-state index >= 15 is 0 Å². The first kappa shape index (κ1) is 18.5. The van der Waals surface area contributed by atoms with Gasteiger partial charge in [0.05, 0.1) is 5.69 Å². The quantitative estimate of drug-likeness (QED) is 0.618. The van der Waals surface area contributed by atoms with Crippen LogP contribution >= 0.6 is 0 Å². The van der Waals surface area contributed by atoms with Gasteiger partial charge in [-0.25, -0.2) is 9.97 Å². The van der Waals surface area contributed by atoms with Crippen LogP contribution in [-0.4, -0.2) is 33.3 Å². The van der Waals surface area contributed by atoms with Crippen molar-refractivity contribution in [3.05, 3.63) is 42.4 Å². The summed E-state index contributed by atoms with van der Waals surface area (Å²) in [5, 5.41) is 7.32. The minimum absolute atomic E-state index is 0.0292. The molecule has 3 aromatic rings. The highest BCUT2D eigenvalue weighted by molar-refractivity contribution is 5.99. The van der Waals surface area contributed by atoms with Gasteiger partial charge >= 0.3 is 0 Å². The minimum atomic E-state index is -0.178. The Hall–Kier alpha value is -3.55. The van der Waals surface area contributed by atoms with Crippen LogP contribution in [0.25, 0.3) is 22.0 Å². The van der Waals surface area contributed by atoms with Gasteiger partial charge < -0.3 is 16.4 Å². The molecule has 2 amide bonds. The van der Waals surface area contributed by atoms with E-state index in [1.807, 2.05) is 25.1 Å². The van der Waals surface area contributed by atoms with Crippen molar-refractivity contribution >= 4 is 34.2 Å². The lowest BCUT2D eigenvalue weighted by Gasteiger charge is -2.22. The molecule has 8 heteroatoms. The molecule has 2 atom stereocenters. The third-order valence-corrected chi connectivity index (χ3v) is 6.28. The summed E-state index contributed by atoms with van der Waals surface area (Å²) in [6.07, 6.45) is 7.15. The first-order valence-electron chi connectivity index (χ1n) is 10.00. The summed E-state index contributed by atoms with van der Waals surface area (Å²) in [5.41, 5.74) is 8.67. The monoisotopic (exact) mass is 402 g/mol. The second-order valence-corrected chi connectivity index (χ2v) is 8.26. The van der Waals surface area contributed by atoms with E-state index in [1.54, 1.807) is 18.6 Å². The number of hydrogen-bond donors (Lipinski definition) is 3. The summed E-state index contributed by atoms with van der Waals surface area (Å²) in [6.45, 7) is 2.63. The predicted octanol–water partition coefficient (Wildman–Crippen LogP) is 2.44. The van der Waals surface area contributed by atoms with Crippen molar-refractivity contribution in [2.75, 3.05) is 17.6 Å². The zero-order chi connectivity index (χ0) is 20.9. The number of fused-ring (bicyclic) bond motifs is 1. The summed E-state index contributed by atoms with van der Waals surface area (Å²) in [4.78, 5) is 37.5. The molecule has 2 aliphatic rings. The number of carbonyl (C=O) groups is 2. The number of hydrogen-bond acceptors (Lipinski definition) is 6. The molecule has 5 rings (SSSR count). The van der Waals surface area contributed by atoms with Gasteiger partial charge in [-0.1, -0.05) is 0 Å². The number of piperidine rings is 1. The Kier molecular flexibility index (Phi) is 4.16. The van der Waals surface area contributed by atoms with E-state index in [0.717, 1.165) is 40.4 Å². The van der Waals surface area contributed by atoms with E-state index in [-0.39, 0.29) is 23.1 Å². The van der Waals surface area contributed by atoms with Gasteiger partial charge in [-0.05, 0) is 54.3 Å². The molecule has 4 heterocycles. The summed E-state index contributed by atoms with van der Waals surface area (Å²) in [7, 11) is 0. The largest absolute Gasteiger partial charge is 0.383 e. The zero-order valence-corrected chi connectivity index (χ0v) is 16.6. The molecular formula is C22H22N6O2. The average molecular weight is 402 g/mol. The standard InChI is InChI=1S/C22H22N6O2/c1-12-2-4-24-10-14(12)17-6-13-7-18(26-11-15(13)20(23)27-17)28-21(30)16-8-22(16)3-5-25-19(29)9-22/h2,4,6-7,10-11,16H,3,5,8-9H2,1H3,(H2,23,27)(H,25,29)(H,26,28,30)/t16-,22+/m1/s1. The van der Waals surface area contributed by atoms with Gasteiger partial charge in [-0.15, -0.1) is 0 Å². The number of nitrogen functional groups attached to an aromatic ring is 1. The maximum absolute atomic E-state index is 12.8. The van der Waals surface area contributed by atoms with Gasteiger partial charge in [0.15, 0.2) is 0 Å². The molecule has 30 heavy (non-hydrogen) atoms. The van der Waals surface area contributed by atoms with Crippen LogP contribution in [0.15, 0.2) is 36.8 Å². The molecule has 1 saturated heterocycles. The van der Waals surface area contributed by atoms with Gasteiger partial charge in [0.25, 0.3) is 0 Å². The Labute approximate surface area is 173 Å². The maximum Gasteiger partial charge on any atom is 0.229 e. The Morgan fingerprint density at radius 2 is 2.20 bits per heavy atom. The Morgan fingerprint density at radius 3 is 3.00 bits per heavy atom. The van der Waals surface area contributed by atoms with Crippen molar-refractivity contribution < 1.29 is 9.59 Å². The summed E-state index contributed by atoms with van der Waals surface area (Å²) in [5.74, 6) is 0.653. The second kappa shape index (κ2) is 6.76. The fourth-order valence-electron chi connectivity index (χ4n) is 4.44. The third-order valence-electron chi connectivity index (χ3n) is 6.28. The lowest BCUT2D eigenvalue weighted by Crippen LogP contribution is -2.36. The van der Waals surface area contributed by atoms with E-state index < -0.39 is 0 Å². The molecular weight excluding hydrogens is 380 g/mol. The van der Waals surface area contributed by atoms with E-state index in [9.17, 15) is 9.59 Å². The Balaban J connectivity index is 1.41. The average Bonchev–Trinajstić information content (AvgIpc) is 3.40. The molecule has 3 aromatic heterocycles. The van der Waals surface area contributed by atoms with E-state index in [4.69, 9.17) is 5.73 Å². The molecule has 2 fully saturated rings. The zero-order valence-electron chi connectivity index (χ0n) is 16.6. The normalized spacial score (nSPS) is 22.7. The third kappa shape index (κ3) is 3.14. The van der Waals surface area contributed by atoms with Gasteiger partial charge in [0.1, 0.15) is 11.6 Å². The van der Waals surface area contributed by atoms with Crippen LogP contribution in [0.5, 0.6) is 0 Å². The van der Waals surface area contributed by atoms with Gasteiger partial charge in [-0.3, -0.25) is 14.6 Å². The van der Waals surface area contributed by atoms with Crippen LogP contribution in [0.3, 0.4) is 0 Å². The smallest absolute Gasteiger partial charge is 0.229 e. The molecule has 4 N–H and O–H groups in total. The summed E-state index contributed by atoms with van der Waals surface area (Å²) in [6, 6.07) is 5.66. The molecule has 152 valence electrons. The lowest BCUT2D eigenvalue weighted by atomic mass is 9.91. The van der Waals surface area contributed by atoms with E-state index in [0.29, 0.717) is 24.6 Å². The molecule has 1 spiro atoms. The molecule has 0 bridgehead atoms. The number of nitrogens with one attached hydrogen (secondary N) is 2. The molecule has 1 saturated carbocycles. The molecule has 0 unspecified atom stereocenters. The van der Waals surface area contributed by atoms with Crippen LogP contribution in [0.4, 0.5) is 11.6 Å². The first-order valence-corrected chi connectivity index (χ1v) is 10.00. The van der Waals surface area contributed by atoms with Crippen LogP contribution in [0, 0.1) is 18.3 Å². The molecule has 1 aliphatic heterocycles. The number of carbonyl (C=O) groups excluding carboxylic acids is 2. The first-order chi connectivity index (χ1) is 14.4. The maximum atomic E-state index is 12.8. The van der Waals surface area contributed by atoms with Gasteiger partial charge in [0, 0.05) is 48.4 Å². The Bertz CT molecular complexity index is 1190. The van der Waals surface area contributed by atoms with Gasteiger partial charge in [0.2, 0.25) is 11.8 Å². The highest BCUT2D eigenvalue weighted by Crippen LogP contribution is 2.59. The molecule has 1 aliphatic carbocycles. The van der Waals surface area contributed by atoms with Crippen molar-refractivity contribution in [3.8, 4) is 11.3 Å². The number of pyridine rings is 3. The summed E-state index contributed by atoms with van der Waals surface area (Å²) < 4.78 is 0. The number of aromatic nitrogens is 3. The molecule has 0 aromatic carbocycles. The van der Waals surface area contributed by atoms with Crippen molar-refractivity contribution in [2.45, 2.75) is 26.2 Å². The van der Waals surface area contributed by atoms with Crippen molar-refractivity contribution in [1.29, 1.82) is 0 Å². The highest BCUT2D eigenvalue weighted by Gasteiger charge is 2.59. The van der Waals surface area contributed by atoms with Crippen LogP contribution in [0.1, 0.15) is 24.8 Å². The molecule has 0 radical (unpaired) electrons. The Morgan fingerprint density at radius 1 is 1.33 bits per heavy atom. The number of anilines is 2. The van der Waals surface area contributed by atoms with Crippen LogP contribution < -0.4 is 16.4 Å². The predicted molar refractivity (Wildman–Crippen MR) is 113 cm³/mol. The number of nitrogens with two attached hydrogens (primary N) is 1. The van der Waals surface area contributed by atoms with Crippen molar-refractivity contribution in [1.82, 2.24) is 20.3 Å². The highest BCUT2D eigenvalue weighted by atomic mass is 16.2. The lowest BCUT2D eigenvalue weighted by molar-refractivity contribution is -0.124. The number of aryl methyl sites for hydroxylation is 1. The number of rotatable bonds is 3. The van der Waals surface area contributed by atoms with Crippen molar-refractivity contribution in [3.63, 3.8) is 0 Å². The fourth-order valence-corrected chi connectivity index (χ4v) is 4.44. The van der Waals surface area contributed by atoms with E-state index in [1.165, 1.54) is 0 Å². The van der Waals surface area contributed by atoms with E-state index in [2.05, 4.69) is 25.6 Å².